The number of rotatable bonds is 5. The average Bonchev–Trinajstić information content (AvgIpc) is 2.59. The van der Waals surface area contributed by atoms with Crippen LogP contribution in [0.5, 0.6) is 5.75 Å². The maximum atomic E-state index is 11.0. The van der Waals surface area contributed by atoms with Gasteiger partial charge in [-0.15, -0.1) is 0 Å². The highest BCUT2D eigenvalue weighted by Gasteiger charge is 2.20. The van der Waals surface area contributed by atoms with Gasteiger partial charge in [0, 0.05) is 39.1 Å². The van der Waals surface area contributed by atoms with Crippen LogP contribution in [0.15, 0.2) is 24.3 Å². The predicted molar refractivity (Wildman–Crippen MR) is 93.7 cm³/mol. The summed E-state index contributed by atoms with van der Waals surface area (Å²) in [4.78, 5) is 15.3. The Morgan fingerprint density at radius 2 is 2.00 bits per heavy atom. The van der Waals surface area contributed by atoms with Gasteiger partial charge in [-0.3, -0.25) is 4.79 Å². The number of para-hydroxylation sites is 2. The molecule has 7 heteroatoms. The fraction of sp³-hybridized carbons (Fsp3) is 0.500. The molecule has 0 radical (unpaired) electrons. The molecule has 1 aliphatic heterocycles. The van der Waals surface area contributed by atoms with Crippen molar-refractivity contribution in [2.24, 2.45) is 0 Å². The molecule has 0 amide bonds. The van der Waals surface area contributed by atoms with Gasteiger partial charge in [-0.2, -0.15) is 0 Å². The van der Waals surface area contributed by atoms with Crippen LogP contribution in [0.1, 0.15) is 12.8 Å². The lowest BCUT2D eigenvalue weighted by Crippen LogP contribution is -2.51. The number of phenolic OH excluding ortho intramolecular Hbond substituents is 1. The van der Waals surface area contributed by atoms with Gasteiger partial charge in [-0.25, -0.2) is 0 Å². The molecule has 1 aromatic carbocycles. The van der Waals surface area contributed by atoms with E-state index >= 15 is 0 Å². The number of carbonyl (C=O) groups is 1. The summed E-state index contributed by atoms with van der Waals surface area (Å²) in [6, 6.07) is 7.38. The third kappa shape index (κ3) is 4.99. The molecule has 126 valence electrons. The van der Waals surface area contributed by atoms with Crippen LogP contribution in [-0.2, 0) is 9.53 Å². The Hall–Kier alpha value is -2.02. The van der Waals surface area contributed by atoms with Gasteiger partial charge in [0.25, 0.3) is 0 Å². The summed E-state index contributed by atoms with van der Waals surface area (Å²) in [7, 11) is 1.39. The quantitative estimate of drug-likeness (QED) is 0.477. The zero-order chi connectivity index (χ0) is 16.7. The number of phenols is 1. The van der Waals surface area contributed by atoms with E-state index in [9.17, 15) is 9.90 Å². The molecule has 0 atom stereocenters. The molecule has 1 heterocycles. The van der Waals surface area contributed by atoms with E-state index < -0.39 is 0 Å². The molecule has 0 aromatic heterocycles. The lowest BCUT2D eigenvalue weighted by atomic mass is 10.2. The molecule has 6 nitrogen and oxygen atoms in total. The lowest BCUT2D eigenvalue weighted by Gasteiger charge is -2.37. The highest BCUT2D eigenvalue weighted by molar-refractivity contribution is 7.80. The summed E-state index contributed by atoms with van der Waals surface area (Å²) in [5.41, 5.74) is 0.865. The molecule has 0 saturated carbocycles. The number of thiocarbonyl (C=S) groups is 1. The number of methoxy groups -OCH3 is 1. The molecule has 0 aliphatic carbocycles. The average molecular weight is 337 g/mol. The van der Waals surface area contributed by atoms with Gasteiger partial charge in [0.05, 0.1) is 12.8 Å². The smallest absolute Gasteiger partial charge is 0.305 e. The zero-order valence-electron chi connectivity index (χ0n) is 13.3. The van der Waals surface area contributed by atoms with Crippen LogP contribution >= 0.6 is 12.2 Å². The molecule has 1 saturated heterocycles. The van der Waals surface area contributed by atoms with Crippen molar-refractivity contribution in [1.82, 2.24) is 10.2 Å². The van der Waals surface area contributed by atoms with Crippen molar-refractivity contribution in [3.63, 3.8) is 0 Å². The molecule has 1 fully saturated rings. The second kappa shape index (κ2) is 8.57. The fourth-order valence-corrected chi connectivity index (χ4v) is 2.81. The van der Waals surface area contributed by atoms with Crippen LogP contribution in [0.25, 0.3) is 0 Å². The second-order valence-electron chi connectivity index (χ2n) is 5.37. The van der Waals surface area contributed by atoms with Crippen LogP contribution in [0.3, 0.4) is 0 Å². The minimum Gasteiger partial charge on any atom is -0.506 e. The Balaban J connectivity index is 1.72. The van der Waals surface area contributed by atoms with Gasteiger partial charge < -0.3 is 25.0 Å². The summed E-state index contributed by atoms with van der Waals surface area (Å²) in [5.74, 6) is 0.110. The van der Waals surface area contributed by atoms with Crippen LogP contribution in [0.2, 0.25) is 0 Å². The van der Waals surface area contributed by atoms with Gasteiger partial charge >= 0.3 is 5.97 Å². The van der Waals surface area contributed by atoms with E-state index in [0.29, 0.717) is 30.2 Å². The number of piperazine rings is 1. The van der Waals surface area contributed by atoms with Gasteiger partial charge in [0.15, 0.2) is 5.11 Å². The first-order valence-corrected chi connectivity index (χ1v) is 8.15. The van der Waals surface area contributed by atoms with Crippen LogP contribution in [0.4, 0.5) is 5.69 Å². The number of esters is 1. The number of nitrogens with zero attached hydrogens (tertiary/aromatic N) is 2. The van der Waals surface area contributed by atoms with E-state index in [4.69, 9.17) is 12.2 Å². The number of aromatic hydroxyl groups is 1. The molecule has 1 aromatic rings. The molecule has 23 heavy (non-hydrogen) atoms. The van der Waals surface area contributed by atoms with E-state index in [1.165, 1.54) is 7.11 Å². The van der Waals surface area contributed by atoms with Crippen molar-refractivity contribution < 1.29 is 14.6 Å². The monoisotopic (exact) mass is 337 g/mol. The summed E-state index contributed by atoms with van der Waals surface area (Å²) in [6.07, 6.45) is 1.10. The Morgan fingerprint density at radius 3 is 2.65 bits per heavy atom. The maximum Gasteiger partial charge on any atom is 0.305 e. The minimum absolute atomic E-state index is 0.200. The van der Waals surface area contributed by atoms with Gasteiger partial charge in [0.1, 0.15) is 5.75 Å². The minimum atomic E-state index is -0.200. The first-order chi connectivity index (χ1) is 11.1. The number of ether oxygens (including phenoxy) is 1. The number of benzene rings is 1. The number of hydrogen-bond donors (Lipinski definition) is 2. The predicted octanol–water partition coefficient (Wildman–Crippen LogP) is 1.34. The number of anilines is 1. The van der Waals surface area contributed by atoms with E-state index in [2.05, 4.69) is 19.9 Å². The first kappa shape index (κ1) is 17.3. The summed E-state index contributed by atoms with van der Waals surface area (Å²) in [6.45, 7) is 3.88. The Labute approximate surface area is 142 Å². The van der Waals surface area contributed by atoms with Crippen molar-refractivity contribution in [1.29, 1.82) is 0 Å². The zero-order valence-corrected chi connectivity index (χ0v) is 14.1. The Morgan fingerprint density at radius 1 is 1.30 bits per heavy atom. The standard InChI is InChI=1S/C16H23N3O3S/c1-22-15(21)7-4-8-17-16(23)19-11-9-18(10-12-19)13-5-2-3-6-14(13)20/h2-3,5-6,20H,4,7-12H2,1H3,(H,17,23). The van der Waals surface area contributed by atoms with Gasteiger partial charge in [-0.1, -0.05) is 12.1 Å². The normalized spacial score (nSPS) is 14.5. The molecule has 2 rings (SSSR count). The number of hydrogen-bond acceptors (Lipinski definition) is 5. The Bertz CT molecular complexity index is 545. The van der Waals surface area contributed by atoms with Crippen LogP contribution < -0.4 is 10.2 Å². The summed E-state index contributed by atoms with van der Waals surface area (Å²) >= 11 is 5.39. The summed E-state index contributed by atoms with van der Waals surface area (Å²) < 4.78 is 4.60. The van der Waals surface area contributed by atoms with Crippen LogP contribution in [0, 0.1) is 0 Å². The topological polar surface area (TPSA) is 65.0 Å². The molecule has 0 unspecified atom stereocenters. The molecule has 0 spiro atoms. The Kier molecular flexibility index (Phi) is 6.46. The maximum absolute atomic E-state index is 11.0. The van der Waals surface area contributed by atoms with Crippen molar-refractivity contribution in [3.05, 3.63) is 24.3 Å². The highest BCUT2D eigenvalue weighted by Crippen LogP contribution is 2.27. The molecule has 0 bridgehead atoms. The van der Waals surface area contributed by atoms with Gasteiger partial charge in [0.2, 0.25) is 0 Å². The van der Waals surface area contributed by atoms with E-state index in [1.807, 2.05) is 18.2 Å². The van der Waals surface area contributed by atoms with Crippen molar-refractivity contribution in [2.75, 3.05) is 44.7 Å². The lowest BCUT2D eigenvalue weighted by molar-refractivity contribution is -0.140. The summed E-state index contributed by atoms with van der Waals surface area (Å²) in [5, 5.41) is 13.8. The van der Waals surface area contributed by atoms with E-state index in [0.717, 1.165) is 31.9 Å². The molecule has 2 N–H and O–H groups in total. The fourth-order valence-electron chi connectivity index (χ4n) is 2.52. The van der Waals surface area contributed by atoms with E-state index in [-0.39, 0.29) is 5.97 Å². The van der Waals surface area contributed by atoms with Crippen LogP contribution in [-0.4, -0.2) is 60.9 Å². The first-order valence-electron chi connectivity index (χ1n) is 7.74. The van der Waals surface area contributed by atoms with E-state index in [1.54, 1.807) is 6.07 Å². The number of carbonyl (C=O) groups excluding carboxylic acids is 1. The molecule has 1 aliphatic rings. The highest BCUT2D eigenvalue weighted by atomic mass is 32.1. The third-order valence-corrected chi connectivity index (χ3v) is 4.25. The van der Waals surface area contributed by atoms with Crippen molar-refractivity contribution in [2.45, 2.75) is 12.8 Å². The largest absolute Gasteiger partial charge is 0.506 e. The van der Waals surface area contributed by atoms with Crippen molar-refractivity contribution >= 4 is 29.0 Å². The van der Waals surface area contributed by atoms with Crippen molar-refractivity contribution in [3.8, 4) is 5.75 Å². The molecular weight excluding hydrogens is 314 g/mol. The third-order valence-electron chi connectivity index (χ3n) is 3.85. The molecular formula is C16H23N3O3S. The van der Waals surface area contributed by atoms with Gasteiger partial charge in [-0.05, 0) is 30.8 Å². The SMILES string of the molecule is COC(=O)CCCNC(=S)N1CCN(c2ccccc2O)CC1. The number of nitrogens with one attached hydrogen (secondary N) is 1. The second-order valence-corrected chi connectivity index (χ2v) is 5.76.